The molecule has 0 bridgehead atoms. The highest BCUT2D eigenvalue weighted by Gasteiger charge is 1.98. The molecule has 1 aromatic heterocycles. The van der Waals surface area contributed by atoms with Gasteiger partial charge >= 0.3 is 0 Å². The number of allylic oxidation sites excluding steroid dienone is 1. The topological polar surface area (TPSA) is 25.8 Å². The van der Waals surface area contributed by atoms with Crippen LogP contribution in [0.25, 0.3) is 24.8 Å². The van der Waals surface area contributed by atoms with Crippen molar-refractivity contribution in [3.63, 3.8) is 0 Å². The molecule has 0 aromatic carbocycles. The van der Waals surface area contributed by atoms with Gasteiger partial charge in [-0.3, -0.25) is 0 Å². The van der Waals surface area contributed by atoms with E-state index in [0.717, 1.165) is 23.2 Å². The van der Waals surface area contributed by atoms with Gasteiger partial charge in [0.15, 0.2) is 0 Å². The summed E-state index contributed by atoms with van der Waals surface area (Å²) in [6, 6.07) is 0. The minimum atomic E-state index is 0.708. The van der Waals surface area contributed by atoms with Gasteiger partial charge in [0.25, 0.3) is 0 Å². The summed E-state index contributed by atoms with van der Waals surface area (Å²) in [5, 5.41) is 1.57. The van der Waals surface area contributed by atoms with Crippen LogP contribution >= 0.6 is 0 Å². The fourth-order valence-corrected chi connectivity index (χ4v) is 1.30. The lowest BCUT2D eigenvalue weighted by molar-refractivity contribution is 1.06. The zero-order valence-electron chi connectivity index (χ0n) is 9.33. The molecule has 0 radical (unpaired) electrons. The van der Waals surface area contributed by atoms with Gasteiger partial charge in [-0.2, -0.15) is 0 Å². The number of hydrogen-bond donors (Lipinski definition) is 0. The molecule has 0 aliphatic carbocycles. The van der Waals surface area contributed by atoms with E-state index in [-0.39, 0.29) is 0 Å². The molecule has 15 heavy (non-hydrogen) atoms. The molecule has 0 amide bonds. The van der Waals surface area contributed by atoms with Crippen molar-refractivity contribution in [1.29, 1.82) is 0 Å². The Bertz CT molecular complexity index is 484. The van der Waals surface area contributed by atoms with Crippen LogP contribution in [0.15, 0.2) is 12.7 Å². The van der Waals surface area contributed by atoms with Crippen LogP contribution in [-0.2, 0) is 0 Å². The van der Waals surface area contributed by atoms with E-state index in [0.29, 0.717) is 5.35 Å². The molecule has 1 heterocycles. The molecule has 0 N–H and O–H groups in total. The smallest absolute Gasteiger partial charge is 0.0890 e. The molecule has 0 spiro atoms. The Kier molecular flexibility index (Phi) is 3.98. The predicted octanol–water partition coefficient (Wildman–Crippen LogP) is 1.75. The van der Waals surface area contributed by atoms with Crippen LogP contribution in [-0.4, -0.2) is 9.97 Å². The van der Waals surface area contributed by atoms with Crippen molar-refractivity contribution < 1.29 is 0 Å². The monoisotopic (exact) mass is 200 g/mol. The molecule has 0 aliphatic rings. The highest BCUT2D eigenvalue weighted by atomic mass is 14.8. The molecule has 0 saturated heterocycles. The Morgan fingerprint density at radius 2 is 2.00 bits per heavy atom. The Morgan fingerprint density at radius 1 is 1.27 bits per heavy atom. The summed E-state index contributed by atoms with van der Waals surface area (Å²) in [5.74, 6) is 0. The second-order valence-electron chi connectivity index (χ2n) is 3.14. The third-order valence-electron chi connectivity index (χ3n) is 1.97. The van der Waals surface area contributed by atoms with Gasteiger partial charge < -0.3 is 0 Å². The van der Waals surface area contributed by atoms with Gasteiger partial charge in [-0.1, -0.05) is 32.2 Å². The third kappa shape index (κ3) is 2.62. The summed E-state index contributed by atoms with van der Waals surface area (Å²) < 4.78 is 0. The largest absolute Gasteiger partial charge is 0.245 e. The molecular formula is C13H16N2. The molecule has 0 aliphatic heterocycles. The molecule has 1 rings (SSSR count). The Labute approximate surface area is 90.4 Å². The maximum absolute atomic E-state index is 4.48. The van der Waals surface area contributed by atoms with Crippen LogP contribution < -0.4 is 10.7 Å². The van der Waals surface area contributed by atoms with Gasteiger partial charge in [0.1, 0.15) is 0 Å². The summed E-state index contributed by atoms with van der Waals surface area (Å²) in [5.41, 5.74) is 1.63. The van der Waals surface area contributed by atoms with Crippen molar-refractivity contribution in [2.75, 3.05) is 0 Å². The third-order valence-corrected chi connectivity index (χ3v) is 1.97. The van der Waals surface area contributed by atoms with Crippen LogP contribution in [0.3, 0.4) is 0 Å². The lowest BCUT2D eigenvalue weighted by Crippen LogP contribution is -2.31. The Morgan fingerprint density at radius 3 is 2.53 bits per heavy atom. The molecule has 0 saturated carbocycles. The van der Waals surface area contributed by atoms with Gasteiger partial charge in [-0.25, -0.2) is 9.97 Å². The summed E-state index contributed by atoms with van der Waals surface area (Å²) in [6.45, 7) is 11.6. The second kappa shape index (κ2) is 5.25. The average molecular weight is 200 g/mol. The number of hydrogen-bond acceptors (Lipinski definition) is 2. The van der Waals surface area contributed by atoms with E-state index in [9.17, 15) is 0 Å². The van der Waals surface area contributed by atoms with Crippen LogP contribution in [0.2, 0.25) is 0 Å². The maximum atomic E-state index is 4.48. The lowest BCUT2D eigenvalue weighted by Gasteiger charge is -1.99. The minimum Gasteiger partial charge on any atom is -0.245 e. The van der Waals surface area contributed by atoms with Gasteiger partial charge in [-0.05, 0) is 25.5 Å². The summed E-state index contributed by atoms with van der Waals surface area (Å²) in [6.07, 6.45) is 8.52. The van der Waals surface area contributed by atoms with Gasteiger partial charge in [0, 0.05) is 0 Å². The molecule has 2 nitrogen and oxygen atoms in total. The van der Waals surface area contributed by atoms with E-state index in [1.807, 2.05) is 25.2 Å². The molecular weight excluding hydrogens is 184 g/mol. The Balaban J connectivity index is 3.50. The summed E-state index contributed by atoms with van der Waals surface area (Å²) in [4.78, 5) is 8.84. The van der Waals surface area contributed by atoms with E-state index in [1.54, 1.807) is 6.08 Å². The van der Waals surface area contributed by atoms with Crippen LogP contribution in [0.5, 0.6) is 0 Å². The normalized spacial score (nSPS) is 12.3. The van der Waals surface area contributed by atoms with Crippen molar-refractivity contribution >= 4 is 24.8 Å². The van der Waals surface area contributed by atoms with E-state index in [1.165, 1.54) is 0 Å². The first-order valence-electron chi connectivity index (χ1n) is 5.05. The molecule has 0 fully saturated rings. The fourth-order valence-electron chi connectivity index (χ4n) is 1.30. The van der Waals surface area contributed by atoms with Crippen molar-refractivity contribution in [2.45, 2.75) is 20.3 Å². The zero-order valence-corrected chi connectivity index (χ0v) is 9.33. The SMILES string of the molecule is C=Cc1nc(=C)/c(=C\CC)nc1/C=C\C. The number of rotatable bonds is 3. The zero-order chi connectivity index (χ0) is 11.3. The summed E-state index contributed by atoms with van der Waals surface area (Å²) >= 11 is 0. The first kappa shape index (κ1) is 11.4. The first-order valence-corrected chi connectivity index (χ1v) is 5.05. The van der Waals surface area contributed by atoms with Gasteiger partial charge in [0.2, 0.25) is 0 Å². The molecule has 2 heteroatoms. The Hall–Kier alpha value is -1.70. The van der Waals surface area contributed by atoms with E-state index < -0.39 is 0 Å². The van der Waals surface area contributed by atoms with Crippen LogP contribution in [0, 0.1) is 0 Å². The van der Waals surface area contributed by atoms with E-state index in [2.05, 4.69) is 30.0 Å². The van der Waals surface area contributed by atoms with E-state index >= 15 is 0 Å². The standard InChI is InChI=1S/C13H16N2/c1-5-8-12-10(4)14-11(7-3)13(15-12)9-6-2/h6-9H,3-5H2,1-2H3/b9-6-,12-8+. The van der Waals surface area contributed by atoms with Crippen molar-refractivity contribution in [3.8, 4) is 0 Å². The van der Waals surface area contributed by atoms with Crippen molar-refractivity contribution in [2.24, 2.45) is 0 Å². The average Bonchev–Trinajstić information content (AvgIpc) is 2.23. The number of aromatic nitrogens is 2. The second-order valence-corrected chi connectivity index (χ2v) is 3.14. The molecule has 1 aromatic rings. The lowest BCUT2D eigenvalue weighted by atomic mass is 10.2. The highest BCUT2D eigenvalue weighted by molar-refractivity contribution is 5.57. The van der Waals surface area contributed by atoms with Gasteiger partial charge in [0.05, 0.1) is 22.1 Å². The van der Waals surface area contributed by atoms with Crippen molar-refractivity contribution in [1.82, 2.24) is 9.97 Å². The van der Waals surface area contributed by atoms with Crippen LogP contribution in [0.1, 0.15) is 31.7 Å². The highest BCUT2D eigenvalue weighted by Crippen LogP contribution is 2.01. The predicted molar refractivity (Wildman–Crippen MR) is 66.4 cm³/mol. The number of nitrogens with zero attached hydrogens (tertiary/aromatic N) is 2. The van der Waals surface area contributed by atoms with Crippen LogP contribution in [0.4, 0.5) is 0 Å². The molecule has 0 unspecified atom stereocenters. The quantitative estimate of drug-likeness (QED) is 0.743. The molecule has 78 valence electrons. The summed E-state index contributed by atoms with van der Waals surface area (Å²) in [7, 11) is 0. The van der Waals surface area contributed by atoms with E-state index in [4.69, 9.17) is 0 Å². The van der Waals surface area contributed by atoms with Crippen molar-refractivity contribution in [3.05, 3.63) is 34.7 Å². The first-order chi connectivity index (χ1) is 7.22. The minimum absolute atomic E-state index is 0.708. The fraction of sp³-hybridized carbons (Fsp3) is 0.231. The molecule has 0 atom stereocenters. The maximum Gasteiger partial charge on any atom is 0.0890 e. The van der Waals surface area contributed by atoms with Gasteiger partial charge in [-0.15, -0.1) is 0 Å².